The summed E-state index contributed by atoms with van der Waals surface area (Å²) < 4.78 is 12.1. The minimum Gasteiger partial charge on any atom is -0.482 e. The molecular weight excluding hydrogens is 374 g/mol. The lowest BCUT2D eigenvalue weighted by atomic mass is 10.2. The van der Waals surface area contributed by atoms with Crippen LogP contribution in [0, 0.1) is 0 Å². The average molecular weight is 401 g/mol. The van der Waals surface area contributed by atoms with Gasteiger partial charge in [-0.05, 0) is 32.8 Å². The van der Waals surface area contributed by atoms with Gasteiger partial charge in [0.15, 0.2) is 11.4 Å². The van der Waals surface area contributed by atoms with Crippen LogP contribution in [0.4, 0.5) is 4.79 Å². The van der Waals surface area contributed by atoms with Gasteiger partial charge in [-0.3, -0.25) is 9.59 Å². The van der Waals surface area contributed by atoms with Gasteiger partial charge in [0.2, 0.25) is 5.43 Å². The van der Waals surface area contributed by atoms with Crippen LogP contribution in [-0.4, -0.2) is 28.8 Å². The second-order valence-corrected chi connectivity index (χ2v) is 7.37. The van der Waals surface area contributed by atoms with E-state index in [1.165, 1.54) is 12.3 Å². The Labute approximate surface area is 169 Å². The molecule has 1 aromatic heterocycles. The Morgan fingerprint density at radius 3 is 2.41 bits per heavy atom. The van der Waals surface area contributed by atoms with Gasteiger partial charge in [-0.2, -0.15) is 0 Å². The van der Waals surface area contributed by atoms with Crippen molar-refractivity contribution in [3.05, 3.63) is 64.1 Å². The maximum atomic E-state index is 12.7. The number of aromatic nitrogens is 1. The average Bonchev–Trinajstić information content (AvgIpc) is 2.65. The molecule has 0 atom stereocenters. The monoisotopic (exact) mass is 401 g/mol. The molecule has 0 unspecified atom stereocenters. The van der Waals surface area contributed by atoms with Crippen molar-refractivity contribution in [3.63, 3.8) is 0 Å². The molecule has 0 aliphatic rings. The predicted octanol–water partition coefficient (Wildman–Crippen LogP) is 3.05. The van der Waals surface area contributed by atoms with Crippen molar-refractivity contribution in [2.45, 2.75) is 46.3 Å². The highest BCUT2D eigenvalue weighted by Gasteiger charge is 2.23. The Morgan fingerprint density at radius 1 is 1.10 bits per heavy atom. The largest absolute Gasteiger partial charge is 0.482 e. The molecule has 2 aromatic rings. The third-order valence-corrected chi connectivity index (χ3v) is 3.64. The second kappa shape index (κ2) is 9.77. The number of rotatable bonds is 7. The maximum Gasteiger partial charge on any atom is 0.426 e. The molecule has 0 spiro atoms. The molecule has 1 aromatic carbocycles. The molecule has 8 nitrogen and oxygen atoms in total. The lowest BCUT2D eigenvalue weighted by Crippen LogP contribution is -2.37. The third kappa shape index (κ3) is 6.67. The fraction of sp³-hybridized carbons (Fsp3) is 0.381. The number of pyridine rings is 1. The molecule has 0 fully saturated rings. The Balaban J connectivity index is 2.37. The fourth-order valence-corrected chi connectivity index (χ4v) is 2.41. The zero-order valence-corrected chi connectivity index (χ0v) is 17.2. The van der Waals surface area contributed by atoms with E-state index >= 15 is 0 Å². The first-order valence-corrected chi connectivity index (χ1v) is 9.42. The number of hydrogen-bond acceptors (Lipinski definition) is 5. The first-order chi connectivity index (χ1) is 13.7. The molecule has 1 heterocycles. The van der Waals surface area contributed by atoms with Crippen LogP contribution in [0.5, 0.6) is 5.75 Å². The summed E-state index contributed by atoms with van der Waals surface area (Å²) in [5, 5.41) is 2.71. The van der Waals surface area contributed by atoms with Crippen molar-refractivity contribution >= 4 is 12.0 Å². The molecule has 29 heavy (non-hydrogen) atoms. The van der Waals surface area contributed by atoms with Crippen molar-refractivity contribution in [2.75, 3.05) is 12.0 Å². The van der Waals surface area contributed by atoms with E-state index in [-0.39, 0.29) is 18.1 Å². The van der Waals surface area contributed by atoms with Gasteiger partial charge in [-0.15, -0.1) is 0 Å². The lowest BCUT2D eigenvalue weighted by Gasteiger charge is -2.22. The van der Waals surface area contributed by atoms with Crippen LogP contribution in [-0.2, 0) is 11.3 Å². The minimum atomic E-state index is -0.764. The SMILES string of the molecule is CCCNC(=O)c1c(OCc2ccccc2)c(=O)ccn1NC(=O)OC(C)(C)C. The first kappa shape index (κ1) is 22.0. The van der Waals surface area contributed by atoms with E-state index in [4.69, 9.17) is 9.47 Å². The molecule has 2 N–H and O–H groups in total. The highest BCUT2D eigenvalue weighted by atomic mass is 16.6. The molecule has 0 saturated carbocycles. The number of nitrogens with one attached hydrogen (secondary N) is 2. The molecule has 2 rings (SSSR count). The predicted molar refractivity (Wildman–Crippen MR) is 110 cm³/mol. The molecule has 0 aliphatic carbocycles. The second-order valence-electron chi connectivity index (χ2n) is 7.37. The van der Waals surface area contributed by atoms with Crippen LogP contribution in [0.3, 0.4) is 0 Å². The number of ether oxygens (including phenoxy) is 2. The number of nitrogens with zero attached hydrogens (tertiary/aromatic N) is 1. The third-order valence-electron chi connectivity index (χ3n) is 3.64. The summed E-state index contributed by atoms with van der Waals surface area (Å²) in [4.78, 5) is 37.4. The Morgan fingerprint density at radius 2 is 1.79 bits per heavy atom. The van der Waals surface area contributed by atoms with Crippen molar-refractivity contribution in [1.29, 1.82) is 0 Å². The minimum absolute atomic E-state index is 0.0978. The Hall–Kier alpha value is -3.29. The van der Waals surface area contributed by atoms with Crippen LogP contribution >= 0.6 is 0 Å². The number of hydrogen-bond donors (Lipinski definition) is 2. The van der Waals surface area contributed by atoms with E-state index in [1.54, 1.807) is 20.8 Å². The quantitative estimate of drug-likeness (QED) is 0.743. The van der Waals surface area contributed by atoms with E-state index in [1.807, 2.05) is 37.3 Å². The normalized spacial score (nSPS) is 10.9. The molecule has 8 heteroatoms. The van der Waals surface area contributed by atoms with E-state index in [9.17, 15) is 14.4 Å². The van der Waals surface area contributed by atoms with Crippen LogP contribution in [0.15, 0.2) is 47.4 Å². The van der Waals surface area contributed by atoms with Gasteiger partial charge in [0, 0.05) is 18.8 Å². The molecular formula is C21H27N3O5. The Kier molecular flexibility index (Phi) is 7.41. The summed E-state index contributed by atoms with van der Waals surface area (Å²) in [7, 11) is 0. The molecule has 0 aliphatic heterocycles. The van der Waals surface area contributed by atoms with Gasteiger partial charge >= 0.3 is 6.09 Å². The summed E-state index contributed by atoms with van der Waals surface area (Å²) in [6, 6.07) is 10.5. The van der Waals surface area contributed by atoms with Crippen LogP contribution in [0.2, 0.25) is 0 Å². The number of amides is 2. The number of carbonyl (C=O) groups is 2. The van der Waals surface area contributed by atoms with E-state index in [2.05, 4.69) is 10.7 Å². The van der Waals surface area contributed by atoms with E-state index in [0.29, 0.717) is 13.0 Å². The Bertz CT molecular complexity index is 901. The highest BCUT2D eigenvalue weighted by molar-refractivity contribution is 5.96. The number of benzene rings is 1. The molecule has 2 amide bonds. The van der Waals surface area contributed by atoms with Gasteiger partial charge in [0.25, 0.3) is 5.91 Å². The highest BCUT2D eigenvalue weighted by Crippen LogP contribution is 2.16. The van der Waals surface area contributed by atoms with Crippen LogP contribution < -0.4 is 20.9 Å². The van der Waals surface area contributed by atoms with E-state index in [0.717, 1.165) is 10.2 Å². The summed E-state index contributed by atoms with van der Waals surface area (Å²) in [5.41, 5.74) is 2.01. The van der Waals surface area contributed by atoms with Crippen LogP contribution in [0.25, 0.3) is 0 Å². The van der Waals surface area contributed by atoms with Gasteiger partial charge in [-0.25, -0.2) is 14.9 Å². The standard InChI is InChI=1S/C21H27N3O5/c1-5-12-22-19(26)17-18(28-14-15-9-7-6-8-10-15)16(25)11-13-24(17)23-20(27)29-21(2,3)4/h6-11,13H,5,12,14H2,1-4H3,(H,22,26)(H,23,27). The van der Waals surface area contributed by atoms with Crippen molar-refractivity contribution in [3.8, 4) is 5.75 Å². The smallest absolute Gasteiger partial charge is 0.426 e. The maximum absolute atomic E-state index is 12.7. The van der Waals surface area contributed by atoms with Crippen LogP contribution in [0.1, 0.15) is 50.2 Å². The topological polar surface area (TPSA) is 98.7 Å². The zero-order valence-electron chi connectivity index (χ0n) is 17.2. The first-order valence-electron chi connectivity index (χ1n) is 9.42. The van der Waals surface area contributed by atoms with Crippen molar-refractivity contribution in [2.24, 2.45) is 0 Å². The molecule has 0 bridgehead atoms. The molecule has 0 radical (unpaired) electrons. The molecule has 0 saturated heterocycles. The zero-order chi connectivity index (χ0) is 21.4. The summed E-state index contributed by atoms with van der Waals surface area (Å²) >= 11 is 0. The van der Waals surface area contributed by atoms with Gasteiger partial charge in [0.1, 0.15) is 12.2 Å². The molecule has 156 valence electrons. The van der Waals surface area contributed by atoms with Gasteiger partial charge in [0.05, 0.1) is 0 Å². The van der Waals surface area contributed by atoms with Gasteiger partial charge < -0.3 is 14.8 Å². The van der Waals surface area contributed by atoms with Crippen molar-refractivity contribution in [1.82, 2.24) is 9.99 Å². The summed E-state index contributed by atoms with van der Waals surface area (Å²) in [6.07, 6.45) is 1.24. The lowest BCUT2D eigenvalue weighted by molar-refractivity contribution is 0.0612. The summed E-state index contributed by atoms with van der Waals surface area (Å²) in [5.74, 6) is -0.690. The number of carbonyl (C=O) groups excluding carboxylic acids is 2. The van der Waals surface area contributed by atoms with Crippen molar-refractivity contribution < 1.29 is 19.1 Å². The summed E-state index contributed by atoms with van der Waals surface area (Å²) in [6.45, 7) is 7.58. The fourth-order valence-electron chi connectivity index (χ4n) is 2.41. The van der Waals surface area contributed by atoms with E-state index < -0.39 is 23.0 Å². The van der Waals surface area contributed by atoms with Gasteiger partial charge in [-0.1, -0.05) is 37.3 Å².